The van der Waals surface area contributed by atoms with Crippen LogP contribution in [0.5, 0.6) is 0 Å². The molecule has 102 valence electrons. The van der Waals surface area contributed by atoms with Crippen molar-refractivity contribution in [2.75, 3.05) is 13.1 Å². The molecule has 0 spiro atoms. The lowest BCUT2D eigenvalue weighted by Gasteiger charge is -2.26. The van der Waals surface area contributed by atoms with Gasteiger partial charge in [-0.15, -0.1) is 0 Å². The maximum atomic E-state index is 12.1. The van der Waals surface area contributed by atoms with E-state index in [1.807, 2.05) is 0 Å². The number of carbonyl (C=O) groups excluding carboxylic acids is 1. The van der Waals surface area contributed by atoms with Gasteiger partial charge >= 0.3 is 5.97 Å². The van der Waals surface area contributed by atoms with Gasteiger partial charge in [0.25, 0.3) is 11.5 Å². The van der Waals surface area contributed by atoms with Crippen molar-refractivity contribution >= 4 is 11.9 Å². The van der Waals surface area contributed by atoms with E-state index in [1.165, 1.54) is 12.1 Å². The Bertz CT molecular complexity index is 546. The van der Waals surface area contributed by atoms with Crippen molar-refractivity contribution in [2.24, 2.45) is 0 Å². The van der Waals surface area contributed by atoms with Crippen LogP contribution in [0.1, 0.15) is 29.8 Å². The molecule has 1 aliphatic rings. The Morgan fingerprint density at radius 1 is 1.21 bits per heavy atom. The van der Waals surface area contributed by atoms with Crippen LogP contribution in [-0.4, -0.2) is 44.8 Å². The van der Waals surface area contributed by atoms with E-state index < -0.39 is 18.1 Å². The van der Waals surface area contributed by atoms with Gasteiger partial charge in [-0.1, -0.05) is 0 Å². The lowest BCUT2D eigenvalue weighted by molar-refractivity contribution is -0.138. The van der Waals surface area contributed by atoms with Gasteiger partial charge in [-0.2, -0.15) is 5.10 Å². The highest BCUT2D eigenvalue weighted by molar-refractivity contribution is 5.92. The molecule has 19 heavy (non-hydrogen) atoms. The molecule has 0 aromatic carbocycles. The summed E-state index contributed by atoms with van der Waals surface area (Å²) in [7, 11) is 0. The molecule has 1 aromatic heterocycles. The predicted octanol–water partition coefficient (Wildman–Crippen LogP) is -0.0460. The minimum absolute atomic E-state index is 0.114. The van der Waals surface area contributed by atoms with Gasteiger partial charge in [-0.05, 0) is 25.3 Å². The molecular weight excluding hydrogens is 250 g/mol. The molecule has 2 rings (SSSR count). The van der Waals surface area contributed by atoms with Gasteiger partial charge < -0.3 is 10.0 Å². The fraction of sp³-hybridized carbons (Fsp3) is 0.500. The molecule has 1 fully saturated rings. The van der Waals surface area contributed by atoms with Gasteiger partial charge in [0.2, 0.25) is 0 Å². The van der Waals surface area contributed by atoms with E-state index in [0.29, 0.717) is 13.1 Å². The highest BCUT2D eigenvalue weighted by Crippen LogP contribution is 2.11. The number of aromatic nitrogens is 2. The van der Waals surface area contributed by atoms with Crippen LogP contribution in [0, 0.1) is 0 Å². The Morgan fingerprint density at radius 3 is 2.53 bits per heavy atom. The molecule has 7 heteroatoms. The van der Waals surface area contributed by atoms with Crippen LogP contribution in [0.3, 0.4) is 0 Å². The normalized spacial score (nSPS) is 15.3. The zero-order valence-corrected chi connectivity index (χ0v) is 10.4. The summed E-state index contributed by atoms with van der Waals surface area (Å²) >= 11 is 0. The highest BCUT2D eigenvalue weighted by Gasteiger charge is 2.20. The summed E-state index contributed by atoms with van der Waals surface area (Å²) in [6.07, 6.45) is 3.02. The first kappa shape index (κ1) is 13.3. The van der Waals surface area contributed by atoms with Crippen molar-refractivity contribution < 1.29 is 14.7 Å². The Hall–Kier alpha value is -2.18. The maximum Gasteiger partial charge on any atom is 0.325 e. The van der Waals surface area contributed by atoms with Gasteiger partial charge in [-0.3, -0.25) is 14.4 Å². The van der Waals surface area contributed by atoms with Crippen molar-refractivity contribution in [3.05, 3.63) is 28.2 Å². The molecule has 0 unspecified atom stereocenters. The molecule has 7 nitrogen and oxygen atoms in total. The summed E-state index contributed by atoms with van der Waals surface area (Å²) in [4.78, 5) is 35.9. The van der Waals surface area contributed by atoms with Crippen LogP contribution in [0.4, 0.5) is 0 Å². The monoisotopic (exact) mass is 265 g/mol. The van der Waals surface area contributed by atoms with Crippen LogP contribution in [0.2, 0.25) is 0 Å². The smallest absolute Gasteiger partial charge is 0.325 e. The molecular formula is C12H15N3O4. The Balaban J connectivity index is 2.22. The Morgan fingerprint density at radius 2 is 1.89 bits per heavy atom. The van der Waals surface area contributed by atoms with E-state index in [2.05, 4.69) is 5.10 Å². The third kappa shape index (κ3) is 3.18. The molecule has 1 N–H and O–H groups in total. The van der Waals surface area contributed by atoms with Crippen LogP contribution in [-0.2, 0) is 11.3 Å². The summed E-state index contributed by atoms with van der Waals surface area (Å²) in [5, 5.41) is 12.5. The number of likely N-dealkylation sites (tertiary alicyclic amines) is 1. The molecule has 1 aromatic rings. The number of piperidine rings is 1. The quantitative estimate of drug-likeness (QED) is 0.827. The molecule has 0 radical (unpaired) electrons. The topological polar surface area (TPSA) is 92.5 Å². The van der Waals surface area contributed by atoms with Crippen LogP contribution < -0.4 is 5.56 Å². The predicted molar refractivity (Wildman–Crippen MR) is 65.9 cm³/mol. The number of amides is 1. The molecule has 1 amide bonds. The van der Waals surface area contributed by atoms with Crippen molar-refractivity contribution in [3.63, 3.8) is 0 Å². The Labute approximate surface area is 109 Å². The number of hydrogen-bond acceptors (Lipinski definition) is 4. The molecule has 0 atom stereocenters. The molecule has 2 heterocycles. The third-order valence-corrected chi connectivity index (χ3v) is 3.01. The summed E-state index contributed by atoms with van der Waals surface area (Å²) < 4.78 is 0.791. The van der Waals surface area contributed by atoms with Gasteiger partial charge in [0.05, 0.1) is 0 Å². The lowest BCUT2D eigenvalue weighted by atomic mass is 10.1. The molecule has 1 aliphatic heterocycles. The molecule has 0 aliphatic carbocycles. The van der Waals surface area contributed by atoms with E-state index in [9.17, 15) is 14.4 Å². The first-order valence-corrected chi connectivity index (χ1v) is 6.17. The van der Waals surface area contributed by atoms with E-state index >= 15 is 0 Å². The summed E-state index contributed by atoms with van der Waals surface area (Å²) in [6.45, 7) is 0.817. The summed E-state index contributed by atoms with van der Waals surface area (Å²) in [6, 6.07) is 2.52. The van der Waals surface area contributed by atoms with E-state index in [4.69, 9.17) is 5.11 Å². The molecule has 1 saturated heterocycles. The number of carbonyl (C=O) groups is 2. The zero-order valence-electron chi connectivity index (χ0n) is 10.4. The largest absolute Gasteiger partial charge is 0.480 e. The Kier molecular flexibility index (Phi) is 3.94. The second-order valence-corrected chi connectivity index (χ2v) is 4.46. The highest BCUT2D eigenvalue weighted by atomic mass is 16.4. The maximum absolute atomic E-state index is 12.1. The zero-order chi connectivity index (χ0) is 13.8. The van der Waals surface area contributed by atoms with Gasteiger partial charge in [-0.25, -0.2) is 4.68 Å². The number of aliphatic carboxylic acids is 1. The van der Waals surface area contributed by atoms with Crippen molar-refractivity contribution in [3.8, 4) is 0 Å². The van der Waals surface area contributed by atoms with Crippen molar-refractivity contribution in [2.45, 2.75) is 25.8 Å². The minimum atomic E-state index is -1.17. The van der Waals surface area contributed by atoms with Gasteiger partial charge in [0, 0.05) is 19.2 Å². The average molecular weight is 265 g/mol. The number of nitrogens with zero attached hydrogens (tertiary/aromatic N) is 3. The second kappa shape index (κ2) is 5.64. The van der Waals surface area contributed by atoms with Crippen LogP contribution >= 0.6 is 0 Å². The number of hydrogen-bond donors (Lipinski definition) is 1. The average Bonchev–Trinajstić information content (AvgIpc) is 2.41. The minimum Gasteiger partial charge on any atom is -0.480 e. The van der Waals surface area contributed by atoms with Gasteiger partial charge in [0.15, 0.2) is 0 Å². The second-order valence-electron chi connectivity index (χ2n) is 4.46. The fourth-order valence-electron chi connectivity index (χ4n) is 2.06. The number of rotatable bonds is 3. The fourth-order valence-corrected chi connectivity index (χ4v) is 2.06. The summed E-state index contributed by atoms with van der Waals surface area (Å²) in [5.41, 5.74) is -0.416. The number of carboxylic acid groups (broad SMARTS) is 1. The first-order valence-electron chi connectivity index (χ1n) is 6.17. The third-order valence-electron chi connectivity index (χ3n) is 3.01. The first-order chi connectivity index (χ1) is 9.08. The van der Waals surface area contributed by atoms with Gasteiger partial charge in [0.1, 0.15) is 12.2 Å². The standard InChI is InChI=1S/C12H15N3O4/c16-10-5-4-9(13-15(10)8-11(17)18)12(19)14-6-2-1-3-7-14/h4-5H,1-3,6-8H2,(H,17,18). The van der Waals surface area contributed by atoms with Crippen molar-refractivity contribution in [1.82, 2.24) is 14.7 Å². The molecule has 0 saturated carbocycles. The van der Waals surface area contributed by atoms with E-state index in [-0.39, 0.29) is 11.6 Å². The van der Waals surface area contributed by atoms with Crippen LogP contribution in [0.15, 0.2) is 16.9 Å². The van der Waals surface area contributed by atoms with Crippen LogP contribution in [0.25, 0.3) is 0 Å². The molecule has 0 bridgehead atoms. The van der Waals surface area contributed by atoms with Crippen molar-refractivity contribution in [1.29, 1.82) is 0 Å². The summed E-state index contributed by atoms with van der Waals surface area (Å²) in [5.74, 6) is -1.42. The van der Waals surface area contributed by atoms with E-state index in [0.717, 1.165) is 23.9 Å². The van der Waals surface area contributed by atoms with E-state index in [1.54, 1.807) is 4.90 Å². The lowest BCUT2D eigenvalue weighted by Crippen LogP contribution is -2.37. The SMILES string of the molecule is O=C(O)Cn1nc(C(=O)N2CCCCC2)ccc1=O. The number of carboxylic acids is 1.